The van der Waals surface area contributed by atoms with Gasteiger partial charge in [0.15, 0.2) is 0 Å². The summed E-state index contributed by atoms with van der Waals surface area (Å²) in [7, 11) is 0. The lowest BCUT2D eigenvalue weighted by molar-refractivity contribution is 0.687. The highest BCUT2D eigenvalue weighted by atomic mass is 15.0. The number of hydrogen-bond donors (Lipinski definition) is 1. The molecule has 2 nitrogen and oxygen atoms in total. The summed E-state index contributed by atoms with van der Waals surface area (Å²) in [6, 6.07) is 4.06. The largest absolute Gasteiger partial charge is 0.370 e. The van der Waals surface area contributed by atoms with Gasteiger partial charge in [-0.05, 0) is 30.5 Å². The number of nitrogens with zero attached hydrogens (tertiary/aromatic N) is 1. The second kappa shape index (κ2) is 7.36. The molecular weight excluding hydrogens is 172 g/mol. The Kier molecular flexibility index (Phi) is 6.81. The molecule has 2 heteroatoms. The summed E-state index contributed by atoms with van der Waals surface area (Å²) in [6.45, 7) is 11.4. The van der Waals surface area contributed by atoms with Gasteiger partial charge in [-0.25, -0.2) is 4.98 Å². The van der Waals surface area contributed by atoms with Crippen LogP contribution in [0.3, 0.4) is 0 Å². The smallest absolute Gasteiger partial charge is 0.126 e. The molecule has 0 saturated heterocycles. The molecule has 0 bridgehead atoms. The molecule has 0 saturated carbocycles. The summed E-state index contributed by atoms with van der Waals surface area (Å²) in [6.07, 6.45) is 1.83. The Balaban J connectivity index is 0.000000791. The van der Waals surface area contributed by atoms with E-state index in [0.29, 0.717) is 5.92 Å². The minimum absolute atomic E-state index is 0.660. The van der Waals surface area contributed by atoms with Crippen LogP contribution in [0.25, 0.3) is 0 Å². The minimum atomic E-state index is 0.660. The van der Waals surface area contributed by atoms with E-state index >= 15 is 0 Å². The SMILES string of the molecule is CC.Cc1ccnc(NCC(C)C)c1. The summed E-state index contributed by atoms with van der Waals surface area (Å²) < 4.78 is 0. The van der Waals surface area contributed by atoms with Gasteiger partial charge in [-0.3, -0.25) is 0 Å². The Bertz CT molecular complexity index is 244. The van der Waals surface area contributed by atoms with Crippen molar-refractivity contribution in [2.75, 3.05) is 11.9 Å². The molecule has 1 rings (SSSR count). The second-order valence-electron chi connectivity index (χ2n) is 3.49. The van der Waals surface area contributed by atoms with Gasteiger partial charge in [0.1, 0.15) is 5.82 Å². The van der Waals surface area contributed by atoms with Crippen molar-refractivity contribution in [1.82, 2.24) is 4.98 Å². The maximum absolute atomic E-state index is 4.20. The summed E-state index contributed by atoms with van der Waals surface area (Å²) in [5, 5.41) is 3.27. The standard InChI is InChI=1S/C10H16N2.C2H6/c1-8(2)7-12-10-6-9(3)4-5-11-10;1-2/h4-6,8H,7H2,1-3H3,(H,11,12);1-2H3. The first kappa shape index (κ1) is 12.9. The predicted octanol–water partition coefficient (Wildman–Crippen LogP) is 3.48. The molecule has 0 aliphatic rings. The molecule has 0 atom stereocenters. The molecule has 0 aromatic carbocycles. The zero-order valence-electron chi connectivity index (χ0n) is 9.96. The average Bonchev–Trinajstić information content (AvgIpc) is 2.18. The van der Waals surface area contributed by atoms with E-state index in [1.54, 1.807) is 0 Å². The van der Waals surface area contributed by atoms with Gasteiger partial charge in [0.2, 0.25) is 0 Å². The zero-order valence-corrected chi connectivity index (χ0v) is 9.96. The number of nitrogens with one attached hydrogen (secondary N) is 1. The van der Waals surface area contributed by atoms with Gasteiger partial charge in [0.05, 0.1) is 0 Å². The van der Waals surface area contributed by atoms with Crippen LogP contribution in [0, 0.1) is 12.8 Å². The van der Waals surface area contributed by atoms with Crippen LogP contribution < -0.4 is 5.32 Å². The van der Waals surface area contributed by atoms with Crippen molar-refractivity contribution in [2.24, 2.45) is 5.92 Å². The van der Waals surface area contributed by atoms with Gasteiger partial charge in [0, 0.05) is 12.7 Å². The van der Waals surface area contributed by atoms with E-state index in [2.05, 4.69) is 37.1 Å². The molecule has 1 aromatic rings. The number of aryl methyl sites for hydroxylation is 1. The third-order valence-corrected chi connectivity index (χ3v) is 1.61. The highest BCUT2D eigenvalue weighted by molar-refractivity contribution is 5.36. The number of pyridine rings is 1. The average molecular weight is 194 g/mol. The molecule has 1 aromatic heterocycles. The number of hydrogen-bond acceptors (Lipinski definition) is 2. The zero-order chi connectivity index (χ0) is 11.0. The van der Waals surface area contributed by atoms with E-state index in [9.17, 15) is 0 Å². The Hall–Kier alpha value is -1.05. The molecule has 14 heavy (non-hydrogen) atoms. The fourth-order valence-corrected chi connectivity index (χ4v) is 0.942. The molecule has 0 radical (unpaired) electrons. The van der Waals surface area contributed by atoms with Crippen LogP contribution in [-0.2, 0) is 0 Å². The van der Waals surface area contributed by atoms with Crippen LogP contribution in [0.5, 0.6) is 0 Å². The lowest BCUT2D eigenvalue weighted by atomic mass is 10.2. The molecule has 80 valence electrons. The first-order chi connectivity index (χ1) is 6.68. The first-order valence-corrected chi connectivity index (χ1v) is 5.35. The van der Waals surface area contributed by atoms with Gasteiger partial charge >= 0.3 is 0 Å². The van der Waals surface area contributed by atoms with Crippen molar-refractivity contribution in [3.05, 3.63) is 23.9 Å². The molecule has 0 unspecified atom stereocenters. The number of rotatable bonds is 3. The van der Waals surface area contributed by atoms with Crippen LogP contribution in [0.1, 0.15) is 33.3 Å². The molecule has 0 aliphatic carbocycles. The maximum Gasteiger partial charge on any atom is 0.126 e. The first-order valence-electron chi connectivity index (χ1n) is 5.35. The molecular formula is C12H22N2. The van der Waals surface area contributed by atoms with E-state index in [1.165, 1.54) is 5.56 Å². The normalized spacial score (nSPS) is 9.29. The molecule has 0 amide bonds. The van der Waals surface area contributed by atoms with E-state index in [4.69, 9.17) is 0 Å². The van der Waals surface area contributed by atoms with Crippen molar-refractivity contribution in [2.45, 2.75) is 34.6 Å². The van der Waals surface area contributed by atoms with Crippen LogP contribution in [0.4, 0.5) is 5.82 Å². The Morgan fingerprint density at radius 2 is 2.00 bits per heavy atom. The minimum Gasteiger partial charge on any atom is -0.370 e. The lowest BCUT2D eigenvalue weighted by Crippen LogP contribution is -2.08. The van der Waals surface area contributed by atoms with Gasteiger partial charge in [-0.2, -0.15) is 0 Å². The van der Waals surface area contributed by atoms with Crippen molar-refractivity contribution in [3.8, 4) is 0 Å². The van der Waals surface area contributed by atoms with E-state index in [1.807, 2.05) is 26.1 Å². The van der Waals surface area contributed by atoms with Gasteiger partial charge in [0.25, 0.3) is 0 Å². The molecule has 0 fully saturated rings. The van der Waals surface area contributed by atoms with Crippen LogP contribution in [0.2, 0.25) is 0 Å². The second-order valence-corrected chi connectivity index (χ2v) is 3.49. The predicted molar refractivity (Wildman–Crippen MR) is 63.6 cm³/mol. The summed E-state index contributed by atoms with van der Waals surface area (Å²) in [5.74, 6) is 1.64. The Morgan fingerprint density at radius 1 is 1.36 bits per heavy atom. The van der Waals surface area contributed by atoms with E-state index < -0.39 is 0 Å². The molecule has 0 spiro atoms. The van der Waals surface area contributed by atoms with Crippen LogP contribution in [-0.4, -0.2) is 11.5 Å². The topological polar surface area (TPSA) is 24.9 Å². The molecule has 1 N–H and O–H groups in total. The van der Waals surface area contributed by atoms with Gasteiger partial charge in [-0.15, -0.1) is 0 Å². The highest BCUT2D eigenvalue weighted by Crippen LogP contribution is 2.05. The Morgan fingerprint density at radius 3 is 2.50 bits per heavy atom. The van der Waals surface area contributed by atoms with Crippen molar-refractivity contribution < 1.29 is 0 Å². The fourth-order valence-electron chi connectivity index (χ4n) is 0.942. The molecule has 0 aliphatic heterocycles. The molecule has 1 heterocycles. The van der Waals surface area contributed by atoms with Crippen molar-refractivity contribution in [3.63, 3.8) is 0 Å². The summed E-state index contributed by atoms with van der Waals surface area (Å²) in [4.78, 5) is 4.20. The van der Waals surface area contributed by atoms with Crippen LogP contribution >= 0.6 is 0 Å². The highest BCUT2D eigenvalue weighted by Gasteiger charge is 1.95. The quantitative estimate of drug-likeness (QED) is 0.796. The summed E-state index contributed by atoms with van der Waals surface area (Å²) in [5.41, 5.74) is 1.25. The van der Waals surface area contributed by atoms with Crippen molar-refractivity contribution in [1.29, 1.82) is 0 Å². The number of anilines is 1. The lowest BCUT2D eigenvalue weighted by Gasteiger charge is -2.07. The Labute approximate surface area is 87.8 Å². The van der Waals surface area contributed by atoms with Gasteiger partial charge in [-0.1, -0.05) is 27.7 Å². The maximum atomic E-state index is 4.20. The van der Waals surface area contributed by atoms with E-state index in [-0.39, 0.29) is 0 Å². The van der Waals surface area contributed by atoms with Crippen molar-refractivity contribution >= 4 is 5.82 Å². The third kappa shape index (κ3) is 5.57. The monoisotopic (exact) mass is 194 g/mol. The number of aromatic nitrogens is 1. The van der Waals surface area contributed by atoms with Gasteiger partial charge < -0.3 is 5.32 Å². The fraction of sp³-hybridized carbons (Fsp3) is 0.583. The summed E-state index contributed by atoms with van der Waals surface area (Å²) >= 11 is 0. The third-order valence-electron chi connectivity index (χ3n) is 1.61. The van der Waals surface area contributed by atoms with E-state index in [0.717, 1.165) is 12.4 Å². The van der Waals surface area contributed by atoms with Crippen LogP contribution in [0.15, 0.2) is 18.3 Å².